The smallest absolute Gasteiger partial charge is 0.179 e. The highest BCUT2D eigenvalue weighted by Crippen LogP contribution is 2.34. The van der Waals surface area contributed by atoms with E-state index in [1.54, 1.807) is 12.1 Å². The maximum Gasteiger partial charge on any atom is 0.179 e. The Morgan fingerprint density at radius 3 is 2.40 bits per heavy atom. The SMILES string of the molecule is CC(C(=O)c1ccc(F)cc1)N1CCC(C(C)(C)C)C1. The van der Waals surface area contributed by atoms with Crippen molar-refractivity contribution in [2.45, 2.75) is 40.2 Å². The highest BCUT2D eigenvalue weighted by atomic mass is 19.1. The molecule has 2 nitrogen and oxygen atoms in total. The van der Waals surface area contributed by atoms with Crippen LogP contribution in [0.5, 0.6) is 0 Å². The molecule has 20 heavy (non-hydrogen) atoms. The number of carbonyl (C=O) groups is 1. The molecule has 110 valence electrons. The Morgan fingerprint density at radius 2 is 1.90 bits per heavy atom. The summed E-state index contributed by atoms with van der Waals surface area (Å²) in [7, 11) is 0. The van der Waals surface area contributed by atoms with Gasteiger partial charge in [-0.2, -0.15) is 0 Å². The van der Waals surface area contributed by atoms with E-state index in [1.165, 1.54) is 12.1 Å². The third-order valence-electron chi connectivity index (χ3n) is 4.50. The number of hydrogen-bond donors (Lipinski definition) is 0. The number of Topliss-reactive ketones (excluding diaryl/α,β-unsaturated/α-hetero) is 1. The van der Waals surface area contributed by atoms with Gasteiger partial charge in [-0.05, 0) is 55.5 Å². The molecule has 1 aromatic rings. The minimum absolute atomic E-state index is 0.0829. The Kier molecular flexibility index (Phi) is 4.28. The zero-order valence-electron chi connectivity index (χ0n) is 12.8. The molecule has 2 rings (SSSR count). The molecule has 0 bridgehead atoms. The summed E-state index contributed by atoms with van der Waals surface area (Å²) < 4.78 is 12.9. The van der Waals surface area contributed by atoms with Crippen molar-refractivity contribution < 1.29 is 9.18 Å². The molecule has 1 aliphatic heterocycles. The summed E-state index contributed by atoms with van der Waals surface area (Å²) in [5.41, 5.74) is 0.881. The summed E-state index contributed by atoms with van der Waals surface area (Å²) in [5, 5.41) is 0. The Balaban J connectivity index is 2.03. The zero-order chi connectivity index (χ0) is 14.9. The fourth-order valence-corrected chi connectivity index (χ4v) is 2.87. The standard InChI is InChI=1S/C17H24FNO/c1-12(16(20)13-5-7-15(18)8-6-13)19-10-9-14(11-19)17(2,3)4/h5-8,12,14H,9-11H2,1-4H3. The van der Waals surface area contributed by atoms with Crippen molar-refractivity contribution in [3.8, 4) is 0 Å². The summed E-state index contributed by atoms with van der Waals surface area (Å²) in [6.07, 6.45) is 1.14. The molecule has 0 amide bonds. The summed E-state index contributed by atoms with van der Waals surface area (Å²) >= 11 is 0. The quantitative estimate of drug-likeness (QED) is 0.784. The van der Waals surface area contributed by atoms with Crippen molar-refractivity contribution in [2.75, 3.05) is 13.1 Å². The largest absolute Gasteiger partial charge is 0.293 e. The number of rotatable bonds is 3. The Bertz CT molecular complexity index is 475. The molecular formula is C17H24FNO. The minimum Gasteiger partial charge on any atom is -0.293 e. The predicted octanol–water partition coefficient (Wildman–Crippen LogP) is 3.76. The van der Waals surface area contributed by atoms with Crippen LogP contribution in [0.2, 0.25) is 0 Å². The van der Waals surface area contributed by atoms with Crippen LogP contribution in [-0.4, -0.2) is 29.8 Å². The van der Waals surface area contributed by atoms with Gasteiger partial charge in [-0.1, -0.05) is 20.8 Å². The van der Waals surface area contributed by atoms with E-state index in [1.807, 2.05) is 6.92 Å². The van der Waals surface area contributed by atoms with Crippen molar-refractivity contribution in [3.63, 3.8) is 0 Å². The number of hydrogen-bond acceptors (Lipinski definition) is 2. The first kappa shape index (κ1) is 15.2. The van der Waals surface area contributed by atoms with Crippen LogP contribution < -0.4 is 0 Å². The van der Waals surface area contributed by atoms with Crippen LogP contribution in [0.1, 0.15) is 44.5 Å². The molecule has 3 heteroatoms. The van der Waals surface area contributed by atoms with Crippen LogP contribution in [0, 0.1) is 17.2 Å². The van der Waals surface area contributed by atoms with Gasteiger partial charge in [0.2, 0.25) is 0 Å². The van der Waals surface area contributed by atoms with E-state index in [9.17, 15) is 9.18 Å². The molecule has 2 unspecified atom stereocenters. The van der Waals surface area contributed by atoms with E-state index in [-0.39, 0.29) is 23.1 Å². The van der Waals surface area contributed by atoms with Crippen molar-refractivity contribution in [2.24, 2.45) is 11.3 Å². The number of nitrogens with zero attached hydrogens (tertiary/aromatic N) is 1. The van der Waals surface area contributed by atoms with Gasteiger partial charge < -0.3 is 0 Å². The topological polar surface area (TPSA) is 20.3 Å². The second-order valence-electron chi connectivity index (χ2n) is 6.89. The molecule has 0 radical (unpaired) electrons. The summed E-state index contributed by atoms with van der Waals surface area (Å²) in [4.78, 5) is 14.7. The van der Waals surface area contributed by atoms with Gasteiger partial charge in [0.25, 0.3) is 0 Å². The third-order valence-corrected chi connectivity index (χ3v) is 4.50. The number of ketones is 1. The van der Waals surface area contributed by atoms with Gasteiger partial charge in [0.1, 0.15) is 5.82 Å². The average Bonchev–Trinajstić information content (AvgIpc) is 2.87. The van der Waals surface area contributed by atoms with Gasteiger partial charge in [0.05, 0.1) is 6.04 Å². The maximum absolute atomic E-state index is 12.9. The van der Waals surface area contributed by atoms with Crippen molar-refractivity contribution in [3.05, 3.63) is 35.6 Å². The van der Waals surface area contributed by atoms with E-state index in [4.69, 9.17) is 0 Å². The van der Waals surface area contributed by atoms with Crippen LogP contribution in [0.25, 0.3) is 0 Å². The van der Waals surface area contributed by atoms with Gasteiger partial charge in [0, 0.05) is 12.1 Å². The molecule has 2 atom stereocenters. The van der Waals surface area contributed by atoms with Crippen LogP contribution >= 0.6 is 0 Å². The van der Waals surface area contributed by atoms with Gasteiger partial charge in [-0.3, -0.25) is 9.69 Å². The first-order chi connectivity index (χ1) is 9.29. The van der Waals surface area contributed by atoms with E-state index in [0.717, 1.165) is 19.5 Å². The first-order valence-electron chi connectivity index (χ1n) is 7.33. The van der Waals surface area contributed by atoms with Crippen LogP contribution in [0.4, 0.5) is 4.39 Å². The molecule has 0 aromatic heterocycles. The monoisotopic (exact) mass is 277 g/mol. The Labute approximate surface area is 121 Å². The molecule has 1 aromatic carbocycles. The summed E-state index contributed by atoms with van der Waals surface area (Å²) in [5.74, 6) is 0.411. The Morgan fingerprint density at radius 1 is 1.30 bits per heavy atom. The number of likely N-dealkylation sites (tertiary alicyclic amines) is 1. The lowest BCUT2D eigenvalue weighted by atomic mass is 9.80. The lowest BCUT2D eigenvalue weighted by Gasteiger charge is -2.28. The first-order valence-corrected chi connectivity index (χ1v) is 7.33. The lowest BCUT2D eigenvalue weighted by Crippen LogP contribution is -2.38. The molecule has 1 saturated heterocycles. The maximum atomic E-state index is 12.9. The number of halogens is 1. The fourth-order valence-electron chi connectivity index (χ4n) is 2.87. The second kappa shape index (κ2) is 5.65. The number of carbonyl (C=O) groups excluding carboxylic acids is 1. The van der Waals surface area contributed by atoms with E-state index < -0.39 is 0 Å². The normalized spacial score (nSPS) is 21.9. The highest BCUT2D eigenvalue weighted by Gasteiger charge is 2.35. The molecular weight excluding hydrogens is 253 g/mol. The van der Waals surface area contributed by atoms with Gasteiger partial charge >= 0.3 is 0 Å². The molecule has 1 aliphatic rings. The van der Waals surface area contributed by atoms with Crippen molar-refractivity contribution in [1.82, 2.24) is 4.90 Å². The van der Waals surface area contributed by atoms with Gasteiger partial charge in [0.15, 0.2) is 5.78 Å². The summed E-state index contributed by atoms with van der Waals surface area (Å²) in [6.45, 7) is 10.7. The van der Waals surface area contributed by atoms with E-state index in [0.29, 0.717) is 11.5 Å². The summed E-state index contributed by atoms with van der Waals surface area (Å²) in [6, 6.07) is 5.72. The highest BCUT2D eigenvalue weighted by molar-refractivity contribution is 5.99. The van der Waals surface area contributed by atoms with Gasteiger partial charge in [-0.25, -0.2) is 4.39 Å². The predicted molar refractivity (Wildman–Crippen MR) is 79.3 cm³/mol. The van der Waals surface area contributed by atoms with Crippen molar-refractivity contribution >= 4 is 5.78 Å². The zero-order valence-corrected chi connectivity index (χ0v) is 12.8. The van der Waals surface area contributed by atoms with E-state index in [2.05, 4.69) is 25.7 Å². The molecule has 1 fully saturated rings. The molecule has 0 aliphatic carbocycles. The fraction of sp³-hybridized carbons (Fsp3) is 0.588. The molecule has 0 spiro atoms. The molecule has 0 saturated carbocycles. The van der Waals surface area contributed by atoms with E-state index >= 15 is 0 Å². The minimum atomic E-state index is -0.303. The average molecular weight is 277 g/mol. The Hall–Kier alpha value is -1.22. The van der Waals surface area contributed by atoms with Crippen LogP contribution in [-0.2, 0) is 0 Å². The molecule has 1 heterocycles. The second-order valence-corrected chi connectivity index (χ2v) is 6.89. The lowest BCUT2D eigenvalue weighted by molar-refractivity contribution is 0.0853. The van der Waals surface area contributed by atoms with Gasteiger partial charge in [-0.15, -0.1) is 0 Å². The number of benzene rings is 1. The third kappa shape index (κ3) is 3.26. The van der Waals surface area contributed by atoms with Crippen LogP contribution in [0.3, 0.4) is 0 Å². The van der Waals surface area contributed by atoms with Crippen molar-refractivity contribution in [1.29, 1.82) is 0 Å². The molecule has 0 N–H and O–H groups in total. The van der Waals surface area contributed by atoms with Crippen LogP contribution in [0.15, 0.2) is 24.3 Å².